The Hall–Kier alpha value is -3.94. The molecular formula is C20H18N6O2. The summed E-state index contributed by atoms with van der Waals surface area (Å²) in [5, 5.41) is 3.19. The summed E-state index contributed by atoms with van der Waals surface area (Å²) in [7, 11) is 0. The number of primary amides is 1. The van der Waals surface area contributed by atoms with Crippen molar-refractivity contribution in [3.8, 4) is 5.69 Å². The van der Waals surface area contributed by atoms with Crippen LogP contribution in [0.5, 0.6) is 0 Å². The SMILES string of the molecule is Cc1ccccc1-n1c(CNc2ccnc(C(N)=O)c2)nc2cccn2c1=O. The van der Waals surface area contributed by atoms with Crippen molar-refractivity contribution in [1.82, 2.24) is 18.9 Å². The molecular weight excluding hydrogens is 356 g/mol. The summed E-state index contributed by atoms with van der Waals surface area (Å²) in [5.41, 5.74) is 8.20. The Labute approximate surface area is 160 Å². The first-order valence-corrected chi connectivity index (χ1v) is 8.69. The Bertz CT molecular complexity index is 1240. The van der Waals surface area contributed by atoms with Gasteiger partial charge in [-0.2, -0.15) is 0 Å². The second kappa shape index (κ2) is 6.99. The van der Waals surface area contributed by atoms with Crippen LogP contribution in [0.2, 0.25) is 0 Å². The zero-order valence-corrected chi connectivity index (χ0v) is 15.2. The van der Waals surface area contributed by atoms with E-state index >= 15 is 0 Å². The predicted octanol–water partition coefficient (Wildman–Crippen LogP) is 1.90. The molecule has 3 heterocycles. The number of rotatable bonds is 5. The van der Waals surface area contributed by atoms with Gasteiger partial charge in [-0.3, -0.25) is 14.2 Å². The van der Waals surface area contributed by atoms with Crippen LogP contribution in [-0.4, -0.2) is 24.8 Å². The molecule has 8 nitrogen and oxygen atoms in total. The first-order valence-electron chi connectivity index (χ1n) is 8.69. The number of pyridine rings is 1. The first-order chi connectivity index (χ1) is 13.5. The summed E-state index contributed by atoms with van der Waals surface area (Å²) < 4.78 is 3.10. The molecule has 0 fully saturated rings. The van der Waals surface area contributed by atoms with Crippen molar-refractivity contribution in [2.45, 2.75) is 13.5 Å². The molecule has 1 amide bonds. The molecule has 8 heteroatoms. The second-order valence-corrected chi connectivity index (χ2v) is 6.32. The first kappa shape index (κ1) is 17.5. The summed E-state index contributed by atoms with van der Waals surface area (Å²) in [6.45, 7) is 2.22. The van der Waals surface area contributed by atoms with Crippen LogP contribution in [0.4, 0.5) is 5.69 Å². The maximum Gasteiger partial charge on any atom is 0.339 e. The average molecular weight is 374 g/mol. The standard InChI is InChI=1S/C20H18N6O2/c1-13-5-2-3-6-16(13)26-18(24-17-7-4-10-25(17)20(26)28)12-23-14-8-9-22-15(11-14)19(21)27/h2-11H,12H2,1H3,(H2,21,27)(H,22,23). The van der Waals surface area contributed by atoms with Crippen molar-refractivity contribution in [2.24, 2.45) is 5.73 Å². The van der Waals surface area contributed by atoms with Gasteiger partial charge < -0.3 is 11.1 Å². The lowest BCUT2D eigenvalue weighted by molar-refractivity contribution is 0.0995. The van der Waals surface area contributed by atoms with Gasteiger partial charge in [-0.25, -0.2) is 14.3 Å². The van der Waals surface area contributed by atoms with Crippen molar-refractivity contribution in [3.63, 3.8) is 0 Å². The van der Waals surface area contributed by atoms with Crippen LogP contribution in [0.25, 0.3) is 11.3 Å². The fraction of sp³-hybridized carbons (Fsp3) is 0.100. The molecule has 0 aliphatic rings. The number of anilines is 1. The van der Waals surface area contributed by atoms with Gasteiger partial charge in [0.1, 0.15) is 17.2 Å². The number of carbonyl (C=O) groups is 1. The molecule has 0 bridgehead atoms. The van der Waals surface area contributed by atoms with Gasteiger partial charge in [-0.1, -0.05) is 18.2 Å². The van der Waals surface area contributed by atoms with Gasteiger partial charge in [-0.15, -0.1) is 0 Å². The van der Waals surface area contributed by atoms with Crippen molar-refractivity contribution in [1.29, 1.82) is 0 Å². The van der Waals surface area contributed by atoms with E-state index in [4.69, 9.17) is 5.73 Å². The summed E-state index contributed by atoms with van der Waals surface area (Å²) in [6, 6.07) is 14.5. The topological polar surface area (TPSA) is 107 Å². The number of nitrogens with two attached hydrogens (primary N) is 1. The number of aryl methyl sites for hydroxylation is 1. The van der Waals surface area contributed by atoms with E-state index in [-0.39, 0.29) is 17.9 Å². The van der Waals surface area contributed by atoms with E-state index in [0.717, 1.165) is 11.3 Å². The van der Waals surface area contributed by atoms with Crippen molar-refractivity contribution in [3.05, 3.63) is 88.5 Å². The summed E-state index contributed by atoms with van der Waals surface area (Å²) >= 11 is 0. The molecule has 1 aromatic carbocycles. The number of amides is 1. The summed E-state index contributed by atoms with van der Waals surface area (Å²) in [6.07, 6.45) is 3.19. The van der Waals surface area contributed by atoms with Crippen LogP contribution in [0, 0.1) is 6.92 Å². The lowest BCUT2D eigenvalue weighted by Crippen LogP contribution is -2.30. The minimum atomic E-state index is -0.604. The quantitative estimate of drug-likeness (QED) is 0.555. The fourth-order valence-electron chi connectivity index (χ4n) is 3.06. The Balaban J connectivity index is 1.79. The molecule has 3 aromatic heterocycles. The van der Waals surface area contributed by atoms with Crippen LogP contribution >= 0.6 is 0 Å². The monoisotopic (exact) mass is 374 g/mol. The molecule has 4 aromatic rings. The van der Waals surface area contributed by atoms with Crippen LogP contribution in [0.3, 0.4) is 0 Å². The number of benzene rings is 1. The van der Waals surface area contributed by atoms with E-state index in [1.54, 1.807) is 35.0 Å². The third-order valence-corrected chi connectivity index (χ3v) is 4.45. The van der Waals surface area contributed by atoms with Gasteiger partial charge in [0.15, 0.2) is 0 Å². The lowest BCUT2D eigenvalue weighted by atomic mass is 10.2. The minimum Gasteiger partial charge on any atom is -0.378 e. The molecule has 28 heavy (non-hydrogen) atoms. The lowest BCUT2D eigenvalue weighted by Gasteiger charge is -2.16. The van der Waals surface area contributed by atoms with Gasteiger partial charge in [0.2, 0.25) is 0 Å². The largest absolute Gasteiger partial charge is 0.378 e. The number of hydrogen-bond donors (Lipinski definition) is 2. The van der Waals surface area contributed by atoms with E-state index in [0.29, 0.717) is 17.2 Å². The van der Waals surface area contributed by atoms with Crippen LogP contribution in [-0.2, 0) is 6.54 Å². The molecule has 3 N–H and O–H groups in total. The molecule has 0 aliphatic carbocycles. The van der Waals surface area contributed by atoms with Gasteiger partial charge in [0.25, 0.3) is 5.91 Å². The number of carbonyl (C=O) groups excluding carboxylic acids is 1. The maximum atomic E-state index is 13.1. The highest BCUT2D eigenvalue weighted by Crippen LogP contribution is 2.15. The number of hydrogen-bond acceptors (Lipinski definition) is 5. The zero-order chi connectivity index (χ0) is 19.7. The van der Waals surface area contributed by atoms with Gasteiger partial charge in [0, 0.05) is 18.1 Å². The average Bonchev–Trinajstić information content (AvgIpc) is 3.16. The molecule has 0 atom stereocenters. The number of nitrogens with zero attached hydrogens (tertiary/aromatic N) is 4. The van der Waals surface area contributed by atoms with E-state index in [1.807, 2.05) is 31.2 Å². The maximum absolute atomic E-state index is 13.1. The Kier molecular flexibility index (Phi) is 4.36. The van der Waals surface area contributed by atoms with Crippen molar-refractivity contribution in [2.75, 3.05) is 5.32 Å². The summed E-state index contributed by atoms with van der Waals surface area (Å²) in [4.78, 5) is 33.0. The van der Waals surface area contributed by atoms with Crippen LogP contribution < -0.4 is 16.7 Å². The number of fused-ring (bicyclic) bond motifs is 1. The molecule has 0 spiro atoms. The molecule has 140 valence electrons. The zero-order valence-electron chi connectivity index (χ0n) is 15.2. The van der Waals surface area contributed by atoms with Crippen molar-refractivity contribution >= 4 is 17.2 Å². The highest BCUT2D eigenvalue weighted by atomic mass is 16.2. The number of para-hydroxylation sites is 1. The van der Waals surface area contributed by atoms with E-state index in [2.05, 4.69) is 15.3 Å². The number of nitrogens with one attached hydrogen (secondary N) is 1. The third-order valence-electron chi connectivity index (χ3n) is 4.45. The normalized spacial score (nSPS) is 10.9. The smallest absolute Gasteiger partial charge is 0.339 e. The van der Waals surface area contributed by atoms with E-state index < -0.39 is 5.91 Å². The van der Waals surface area contributed by atoms with E-state index in [1.165, 1.54) is 10.6 Å². The predicted molar refractivity (Wildman–Crippen MR) is 106 cm³/mol. The highest BCUT2D eigenvalue weighted by molar-refractivity contribution is 5.91. The third kappa shape index (κ3) is 3.11. The second-order valence-electron chi connectivity index (χ2n) is 6.32. The molecule has 0 saturated carbocycles. The Morgan fingerprint density at radius 1 is 1.18 bits per heavy atom. The molecule has 0 aliphatic heterocycles. The van der Waals surface area contributed by atoms with Gasteiger partial charge in [0.05, 0.1) is 12.2 Å². The number of aromatic nitrogens is 4. The fourth-order valence-corrected chi connectivity index (χ4v) is 3.06. The van der Waals surface area contributed by atoms with Gasteiger partial charge >= 0.3 is 5.69 Å². The minimum absolute atomic E-state index is 0.163. The molecule has 0 saturated heterocycles. The molecule has 0 radical (unpaired) electrons. The van der Waals surface area contributed by atoms with Crippen molar-refractivity contribution < 1.29 is 4.79 Å². The highest BCUT2D eigenvalue weighted by Gasteiger charge is 2.14. The van der Waals surface area contributed by atoms with Crippen LogP contribution in [0.1, 0.15) is 21.9 Å². The van der Waals surface area contributed by atoms with E-state index in [9.17, 15) is 9.59 Å². The Morgan fingerprint density at radius 2 is 2.00 bits per heavy atom. The van der Waals surface area contributed by atoms with Gasteiger partial charge in [-0.05, 0) is 42.8 Å². The molecule has 4 rings (SSSR count). The Morgan fingerprint density at radius 3 is 2.79 bits per heavy atom. The molecule has 0 unspecified atom stereocenters. The summed E-state index contributed by atoms with van der Waals surface area (Å²) in [5.74, 6) is -0.0591. The van der Waals surface area contributed by atoms with Crippen LogP contribution in [0.15, 0.2) is 65.7 Å².